The summed E-state index contributed by atoms with van der Waals surface area (Å²) in [6, 6.07) is 19.6. The van der Waals surface area contributed by atoms with Crippen LogP contribution in [0, 0.1) is 6.92 Å². The predicted octanol–water partition coefficient (Wildman–Crippen LogP) is 6.25. The van der Waals surface area contributed by atoms with E-state index in [1.165, 1.54) is 23.8 Å². The SMILES string of the molecule is Cc1ccc(Sc2ccc(NS(=O)(=O)c3ccc(Cl)c(Cl)c3)cc2)cc1. The highest BCUT2D eigenvalue weighted by molar-refractivity contribution is 7.99. The van der Waals surface area contributed by atoms with Gasteiger partial charge in [-0.3, -0.25) is 4.72 Å². The first-order valence-corrected chi connectivity index (χ1v) is 10.7. The first-order valence-electron chi connectivity index (χ1n) is 7.66. The summed E-state index contributed by atoms with van der Waals surface area (Å²) in [4.78, 5) is 2.20. The van der Waals surface area contributed by atoms with Gasteiger partial charge >= 0.3 is 0 Å². The van der Waals surface area contributed by atoms with Crippen molar-refractivity contribution in [3.63, 3.8) is 0 Å². The standard InChI is InChI=1S/C19H15Cl2NO2S2/c1-13-2-6-15(7-3-13)25-16-8-4-14(5-9-16)22-26(23,24)17-10-11-18(20)19(21)12-17/h2-12,22H,1H3. The van der Waals surface area contributed by atoms with Gasteiger partial charge in [0, 0.05) is 15.5 Å². The lowest BCUT2D eigenvalue weighted by molar-refractivity contribution is 0.601. The zero-order valence-electron chi connectivity index (χ0n) is 13.7. The number of halogens is 2. The molecule has 0 fully saturated rings. The number of rotatable bonds is 5. The molecular formula is C19H15Cl2NO2S2. The molecule has 0 atom stereocenters. The molecule has 7 heteroatoms. The topological polar surface area (TPSA) is 46.2 Å². The Hall–Kier alpha value is -1.66. The summed E-state index contributed by atoms with van der Waals surface area (Å²) in [7, 11) is -3.73. The molecule has 0 amide bonds. The van der Waals surface area contributed by atoms with Crippen molar-refractivity contribution in [1.82, 2.24) is 0 Å². The van der Waals surface area contributed by atoms with E-state index >= 15 is 0 Å². The third kappa shape index (κ3) is 4.74. The van der Waals surface area contributed by atoms with Gasteiger partial charge in [0.2, 0.25) is 0 Å². The van der Waals surface area contributed by atoms with Gasteiger partial charge in [-0.1, -0.05) is 52.7 Å². The van der Waals surface area contributed by atoms with Crippen LogP contribution >= 0.6 is 35.0 Å². The van der Waals surface area contributed by atoms with Crippen LogP contribution in [0.4, 0.5) is 5.69 Å². The second-order valence-electron chi connectivity index (χ2n) is 5.62. The van der Waals surface area contributed by atoms with E-state index in [4.69, 9.17) is 23.2 Å². The molecular weight excluding hydrogens is 409 g/mol. The molecule has 0 aromatic heterocycles. The second-order valence-corrected chi connectivity index (χ2v) is 9.26. The maximum atomic E-state index is 12.5. The molecule has 3 aromatic rings. The highest BCUT2D eigenvalue weighted by Gasteiger charge is 2.15. The molecule has 0 spiro atoms. The Morgan fingerprint density at radius 2 is 1.38 bits per heavy atom. The number of anilines is 1. The Balaban J connectivity index is 1.73. The van der Waals surface area contributed by atoms with Gasteiger partial charge in [0.1, 0.15) is 0 Å². The second kappa shape index (κ2) is 7.92. The molecule has 1 N–H and O–H groups in total. The first kappa shape index (κ1) is 19.1. The molecule has 0 saturated heterocycles. The number of sulfonamides is 1. The minimum Gasteiger partial charge on any atom is -0.280 e. The molecule has 0 saturated carbocycles. The molecule has 0 aliphatic rings. The largest absolute Gasteiger partial charge is 0.280 e. The Morgan fingerprint density at radius 1 is 0.808 bits per heavy atom. The maximum absolute atomic E-state index is 12.5. The Labute approximate surface area is 167 Å². The van der Waals surface area contributed by atoms with Gasteiger partial charge in [-0.15, -0.1) is 0 Å². The smallest absolute Gasteiger partial charge is 0.261 e. The van der Waals surface area contributed by atoms with Crippen LogP contribution in [-0.2, 0) is 10.0 Å². The maximum Gasteiger partial charge on any atom is 0.261 e. The van der Waals surface area contributed by atoms with Crippen LogP contribution in [-0.4, -0.2) is 8.42 Å². The number of benzene rings is 3. The lowest BCUT2D eigenvalue weighted by Gasteiger charge is -2.10. The lowest BCUT2D eigenvalue weighted by Crippen LogP contribution is -2.12. The van der Waals surface area contributed by atoms with Gasteiger partial charge in [0.15, 0.2) is 0 Å². The van der Waals surface area contributed by atoms with Crippen molar-refractivity contribution in [3.8, 4) is 0 Å². The molecule has 134 valence electrons. The monoisotopic (exact) mass is 423 g/mol. The lowest BCUT2D eigenvalue weighted by atomic mass is 10.2. The Bertz CT molecular complexity index is 1020. The Kier molecular flexibility index (Phi) is 5.82. The van der Waals surface area contributed by atoms with Crippen molar-refractivity contribution in [3.05, 3.63) is 82.3 Å². The van der Waals surface area contributed by atoms with E-state index in [0.29, 0.717) is 10.7 Å². The van der Waals surface area contributed by atoms with E-state index in [-0.39, 0.29) is 9.92 Å². The van der Waals surface area contributed by atoms with Crippen LogP contribution in [0.3, 0.4) is 0 Å². The van der Waals surface area contributed by atoms with E-state index in [9.17, 15) is 8.42 Å². The molecule has 3 nitrogen and oxygen atoms in total. The zero-order valence-corrected chi connectivity index (χ0v) is 16.9. The van der Waals surface area contributed by atoms with Crippen molar-refractivity contribution < 1.29 is 8.42 Å². The van der Waals surface area contributed by atoms with Crippen LogP contribution in [0.5, 0.6) is 0 Å². The molecule has 3 rings (SSSR count). The van der Waals surface area contributed by atoms with E-state index in [1.807, 2.05) is 19.1 Å². The molecule has 26 heavy (non-hydrogen) atoms. The van der Waals surface area contributed by atoms with Gasteiger partial charge in [0.05, 0.1) is 14.9 Å². The highest BCUT2D eigenvalue weighted by atomic mass is 35.5. The summed E-state index contributed by atoms with van der Waals surface area (Å²) < 4.78 is 27.5. The summed E-state index contributed by atoms with van der Waals surface area (Å²) in [5, 5.41) is 0.502. The fourth-order valence-electron chi connectivity index (χ4n) is 2.19. The number of aryl methyl sites for hydroxylation is 1. The van der Waals surface area contributed by atoms with Gasteiger partial charge in [-0.25, -0.2) is 8.42 Å². The van der Waals surface area contributed by atoms with Crippen molar-refractivity contribution in [2.24, 2.45) is 0 Å². The van der Waals surface area contributed by atoms with Crippen LogP contribution in [0.1, 0.15) is 5.56 Å². The summed E-state index contributed by atoms with van der Waals surface area (Å²) >= 11 is 13.4. The molecule has 3 aromatic carbocycles. The van der Waals surface area contributed by atoms with E-state index in [1.54, 1.807) is 23.9 Å². The van der Waals surface area contributed by atoms with E-state index < -0.39 is 10.0 Å². The normalized spacial score (nSPS) is 11.3. The van der Waals surface area contributed by atoms with Crippen molar-refractivity contribution in [2.75, 3.05) is 4.72 Å². The van der Waals surface area contributed by atoms with Crippen LogP contribution in [0.15, 0.2) is 81.4 Å². The summed E-state index contributed by atoms with van der Waals surface area (Å²) in [5.74, 6) is 0. The van der Waals surface area contributed by atoms with Crippen molar-refractivity contribution in [2.45, 2.75) is 21.6 Å². The minimum absolute atomic E-state index is 0.0602. The summed E-state index contributed by atoms with van der Waals surface area (Å²) in [6.45, 7) is 2.04. The third-order valence-corrected chi connectivity index (χ3v) is 6.70. The number of hydrogen-bond acceptors (Lipinski definition) is 3. The van der Waals surface area contributed by atoms with E-state index in [2.05, 4.69) is 29.0 Å². The molecule has 0 aliphatic heterocycles. The Morgan fingerprint density at radius 3 is 1.96 bits per heavy atom. The minimum atomic E-state index is -3.73. The van der Waals surface area contributed by atoms with Gasteiger partial charge in [-0.05, 0) is 61.5 Å². The van der Waals surface area contributed by atoms with Crippen LogP contribution < -0.4 is 4.72 Å². The molecule has 0 heterocycles. The molecule has 0 aliphatic carbocycles. The summed E-state index contributed by atoms with van der Waals surface area (Å²) in [6.07, 6.45) is 0. The van der Waals surface area contributed by atoms with Gasteiger partial charge < -0.3 is 0 Å². The average molecular weight is 424 g/mol. The van der Waals surface area contributed by atoms with Crippen LogP contribution in [0.25, 0.3) is 0 Å². The number of hydrogen-bond donors (Lipinski definition) is 1. The first-order chi connectivity index (χ1) is 12.3. The average Bonchev–Trinajstić information content (AvgIpc) is 2.61. The highest BCUT2D eigenvalue weighted by Crippen LogP contribution is 2.30. The van der Waals surface area contributed by atoms with Gasteiger partial charge in [-0.2, -0.15) is 0 Å². The van der Waals surface area contributed by atoms with Gasteiger partial charge in [0.25, 0.3) is 10.0 Å². The van der Waals surface area contributed by atoms with Crippen LogP contribution in [0.2, 0.25) is 10.0 Å². The van der Waals surface area contributed by atoms with Crippen molar-refractivity contribution >= 4 is 50.7 Å². The number of nitrogens with one attached hydrogen (secondary N) is 1. The third-order valence-electron chi connectivity index (χ3n) is 3.56. The van der Waals surface area contributed by atoms with E-state index in [0.717, 1.165) is 9.79 Å². The molecule has 0 radical (unpaired) electrons. The fraction of sp³-hybridized carbons (Fsp3) is 0.0526. The fourth-order valence-corrected chi connectivity index (χ4v) is 4.46. The predicted molar refractivity (Wildman–Crippen MR) is 109 cm³/mol. The quantitative estimate of drug-likeness (QED) is 0.526. The zero-order chi connectivity index (χ0) is 18.7. The molecule has 0 unspecified atom stereocenters. The van der Waals surface area contributed by atoms with Crippen molar-refractivity contribution in [1.29, 1.82) is 0 Å². The summed E-state index contributed by atoms with van der Waals surface area (Å²) in [5.41, 5.74) is 1.69. The molecule has 0 bridgehead atoms.